The zero-order chi connectivity index (χ0) is 10.6. The molecule has 0 aliphatic carbocycles. The van der Waals surface area contributed by atoms with Gasteiger partial charge in [0, 0.05) is 0 Å². The van der Waals surface area contributed by atoms with Gasteiger partial charge in [0.05, 0.1) is 6.61 Å². The summed E-state index contributed by atoms with van der Waals surface area (Å²) in [6.45, 7) is 7.07. The van der Waals surface area contributed by atoms with Crippen LogP contribution in [0.5, 0.6) is 5.75 Å². The first kappa shape index (κ1) is 11.4. The second-order valence-corrected chi connectivity index (χ2v) is 4.08. The molecular weight excluding hydrogens is 192 g/mol. The summed E-state index contributed by atoms with van der Waals surface area (Å²) in [5.41, 5.74) is 3.80. The summed E-state index contributed by atoms with van der Waals surface area (Å²) >= 11 is 4.15. The lowest BCUT2D eigenvalue weighted by molar-refractivity contribution is 0.316. The molecule has 0 aliphatic rings. The highest BCUT2D eigenvalue weighted by molar-refractivity contribution is 7.80. The van der Waals surface area contributed by atoms with Crippen molar-refractivity contribution in [1.82, 2.24) is 0 Å². The van der Waals surface area contributed by atoms with Gasteiger partial charge >= 0.3 is 0 Å². The van der Waals surface area contributed by atoms with Crippen LogP contribution < -0.4 is 4.74 Å². The fourth-order valence-electron chi connectivity index (χ4n) is 1.40. The minimum absolute atomic E-state index is 0.757. The van der Waals surface area contributed by atoms with Crippen molar-refractivity contribution in [3.05, 3.63) is 28.8 Å². The van der Waals surface area contributed by atoms with Gasteiger partial charge in [-0.25, -0.2) is 0 Å². The van der Waals surface area contributed by atoms with Crippen LogP contribution in [0, 0.1) is 20.8 Å². The molecule has 0 unspecified atom stereocenters. The van der Waals surface area contributed by atoms with E-state index >= 15 is 0 Å². The Balaban J connectivity index is 2.75. The van der Waals surface area contributed by atoms with Gasteiger partial charge in [-0.15, -0.1) is 0 Å². The van der Waals surface area contributed by atoms with E-state index in [9.17, 15) is 0 Å². The molecule has 1 aromatic rings. The summed E-state index contributed by atoms with van der Waals surface area (Å²) in [5.74, 6) is 1.90. The molecule has 14 heavy (non-hydrogen) atoms. The topological polar surface area (TPSA) is 9.23 Å². The van der Waals surface area contributed by atoms with Crippen LogP contribution in [-0.2, 0) is 0 Å². The molecule has 0 saturated carbocycles. The number of ether oxygens (including phenoxy) is 1. The third-order valence-corrected chi connectivity index (χ3v) is 2.64. The number of aryl methyl sites for hydroxylation is 2. The van der Waals surface area contributed by atoms with E-state index in [4.69, 9.17) is 4.74 Å². The van der Waals surface area contributed by atoms with Gasteiger partial charge in [-0.3, -0.25) is 0 Å². The van der Waals surface area contributed by atoms with E-state index in [0.29, 0.717) is 0 Å². The quantitative estimate of drug-likeness (QED) is 0.592. The van der Waals surface area contributed by atoms with E-state index in [1.54, 1.807) is 0 Å². The van der Waals surface area contributed by atoms with Gasteiger partial charge in [0.25, 0.3) is 0 Å². The lowest BCUT2D eigenvalue weighted by Gasteiger charge is -2.11. The van der Waals surface area contributed by atoms with Gasteiger partial charge in [-0.05, 0) is 55.7 Å². The molecule has 0 bridgehead atoms. The summed E-state index contributed by atoms with van der Waals surface area (Å²) in [6.07, 6.45) is 0.996. The van der Waals surface area contributed by atoms with E-state index in [0.717, 1.165) is 24.5 Å². The van der Waals surface area contributed by atoms with Crippen LogP contribution in [0.3, 0.4) is 0 Å². The lowest BCUT2D eigenvalue weighted by Crippen LogP contribution is -2.00. The van der Waals surface area contributed by atoms with Crippen LogP contribution in [-0.4, -0.2) is 12.4 Å². The Bertz CT molecular complexity index is 307. The van der Waals surface area contributed by atoms with Crippen molar-refractivity contribution in [2.24, 2.45) is 0 Å². The van der Waals surface area contributed by atoms with Crippen LogP contribution in [0.25, 0.3) is 0 Å². The third-order valence-electron chi connectivity index (χ3n) is 2.32. The van der Waals surface area contributed by atoms with E-state index in [1.165, 1.54) is 16.7 Å². The van der Waals surface area contributed by atoms with Crippen molar-refractivity contribution in [2.75, 3.05) is 12.4 Å². The maximum atomic E-state index is 5.69. The van der Waals surface area contributed by atoms with Crippen molar-refractivity contribution >= 4 is 12.6 Å². The van der Waals surface area contributed by atoms with Crippen molar-refractivity contribution < 1.29 is 4.74 Å². The predicted octanol–water partition coefficient (Wildman–Crippen LogP) is 3.31. The Kier molecular flexibility index (Phi) is 4.33. The van der Waals surface area contributed by atoms with Gasteiger partial charge in [0.1, 0.15) is 5.75 Å². The smallest absolute Gasteiger partial charge is 0.122 e. The van der Waals surface area contributed by atoms with Crippen molar-refractivity contribution in [2.45, 2.75) is 27.2 Å². The maximum Gasteiger partial charge on any atom is 0.122 e. The summed E-state index contributed by atoms with van der Waals surface area (Å²) in [4.78, 5) is 0. The first-order valence-electron chi connectivity index (χ1n) is 4.96. The molecule has 1 rings (SSSR count). The van der Waals surface area contributed by atoms with Crippen molar-refractivity contribution in [1.29, 1.82) is 0 Å². The fraction of sp³-hybridized carbons (Fsp3) is 0.500. The summed E-state index contributed by atoms with van der Waals surface area (Å²) in [6, 6.07) is 4.28. The molecule has 78 valence electrons. The summed E-state index contributed by atoms with van der Waals surface area (Å²) < 4.78 is 5.69. The molecule has 0 aromatic heterocycles. The molecule has 0 saturated heterocycles. The molecule has 0 N–H and O–H groups in total. The highest BCUT2D eigenvalue weighted by atomic mass is 32.1. The molecule has 1 aromatic carbocycles. The van der Waals surface area contributed by atoms with Crippen LogP contribution in [0.1, 0.15) is 23.1 Å². The summed E-state index contributed by atoms with van der Waals surface area (Å²) in [5, 5.41) is 0. The molecule has 0 aliphatic heterocycles. The van der Waals surface area contributed by atoms with Crippen LogP contribution in [0.4, 0.5) is 0 Å². The van der Waals surface area contributed by atoms with Crippen molar-refractivity contribution in [3.8, 4) is 5.75 Å². The molecule has 0 fully saturated rings. The minimum atomic E-state index is 0.757. The first-order chi connectivity index (χ1) is 6.65. The van der Waals surface area contributed by atoms with Crippen LogP contribution in [0.2, 0.25) is 0 Å². The molecule has 1 nitrogen and oxygen atoms in total. The van der Waals surface area contributed by atoms with E-state index < -0.39 is 0 Å². The van der Waals surface area contributed by atoms with E-state index in [1.807, 2.05) is 0 Å². The Morgan fingerprint density at radius 1 is 1.21 bits per heavy atom. The third kappa shape index (κ3) is 2.95. The number of benzene rings is 1. The zero-order valence-electron chi connectivity index (χ0n) is 9.13. The second kappa shape index (κ2) is 5.30. The molecular formula is C12H18OS. The maximum absolute atomic E-state index is 5.69. The second-order valence-electron chi connectivity index (χ2n) is 3.63. The van der Waals surface area contributed by atoms with Gasteiger partial charge in [0.2, 0.25) is 0 Å². The average molecular weight is 210 g/mol. The summed E-state index contributed by atoms with van der Waals surface area (Å²) in [7, 11) is 0. The number of thiol groups is 1. The van der Waals surface area contributed by atoms with Gasteiger partial charge in [-0.1, -0.05) is 6.07 Å². The van der Waals surface area contributed by atoms with Crippen LogP contribution in [0.15, 0.2) is 12.1 Å². The van der Waals surface area contributed by atoms with Gasteiger partial charge in [0.15, 0.2) is 0 Å². The first-order valence-corrected chi connectivity index (χ1v) is 5.60. The molecule has 0 atom stereocenters. The number of rotatable bonds is 4. The molecule has 0 spiro atoms. The lowest BCUT2D eigenvalue weighted by atomic mass is 10.1. The highest BCUT2D eigenvalue weighted by Crippen LogP contribution is 2.23. The van der Waals surface area contributed by atoms with Gasteiger partial charge in [-0.2, -0.15) is 12.6 Å². The van der Waals surface area contributed by atoms with Gasteiger partial charge < -0.3 is 4.74 Å². The highest BCUT2D eigenvalue weighted by Gasteiger charge is 2.03. The average Bonchev–Trinajstić information content (AvgIpc) is 2.13. The standard InChI is InChI=1S/C12H18OS/c1-9-7-10(2)11(3)12(8-9)13-5-4-6-14/h7-8,14H,4-6H2,1-3H3. The largest absolute Gasteiger partial charge is 0.493 e. The Labute approximate surface area is 91.9 Å². The SMILES string of the molecule is Cc1cc(C)c(C)c(OCCCS)c1. The number of hydrogen-bond donors (Lipinski definition) is 1. The minimum Gasteiger partial charge on any atom is -0.493 e. The van der Waals surface area contributed by atoms with Crippen LogP contribution >= 0.6 is 12.6 Å². The molecule has 0 amide bonds. The zero-order valence-corrected chi connectivity index (χ0v) is 10.0. The van der Waals surface area contributed by atoms with E-state index in [2.05, 4.69) is 45.5 Å². The Morgan fingerprint density at radius 3 is 2.57 bits per heavy atom. The fourth-order valence-corrected chi connectivity index (χ4v) is 1.53. The Morgan fingerprint density at radius 2 is 1.93 bits per heavy atom. The normalized spacial score (nSPS) is 10.3. The Hall–Kier alpha value is -0.630. The number of hydrogen-bond acceptors (Lipinski definition) is 2. The molecule has 2 heteroatoms. The van der Waals surface area contributed by atoms with E-state index in [-0.39, 0.29) is 0 Å². The monoisotopic (exact) mass is 210 g/mol. The van der Waals surface area contributed by atoms with Crippen molar-refractivity contribution in [3.63, 3.8) is 0 Å². The molecule has 0 radical (unpaired) electrons. The predicted molar refractivity (Wildman–Crippen MR) is 64.6 cm³/mol. The molecule has 0 heterocycles.